The number of rotatable bonds is 6. The van der Waals surface area contributed by atoms with Crippen molar-refractivity contribution in [1.29, 1.82) is 0 Å². The molecular weight excluding hydrogens is 402 g/mol. The molecule has 29 heavy (non-hydrogen) atoms. The highest BCUT2D eigenvalue weighted by molar-refractivity contribution is 7.99. The first-order chi connectivity index (χ1) is 14.1. The van der Waals surface area contributed by atoms with Gasteiger partial charge in [-0.15, -0.1) is 11.3 Å². The summed E-state index contributed by atoms with van der Waals surface area (Å²) in [4.78, 5) is 32.8. The summed E-state index contributed by atoms with van der Waals surface area (Å²) < 4.78 is 1.80. The second-order valence-corrected chi connectivity index (χ2v) is 9.45. The lowest BCUT2D eigenvalue weighted by molar-refractivity contribution is -0.113. The van der Waals surface area contributed by atoms with Crippen LogP contribution in [0.2, 0.25) is 0 Å². The van der Waals surface area contributed by atoms with Crippen molar-refractivity contribution in [2.75, 3.05) is 11.1 Å². The number of anilines is 1. The van der Waals surface area contributed by atoms with E-state index >= 15 is 0 Å². The van der Waals surface area contributed by atoms with E-state index in [9.17, 15) is 9.59 Å². The van der Waals surface area contributed by atoms with Gasteiger partial charge < -0.3 is 5.32 Å². The molecule has 1 aliphatic rings. The molecule has 0 spiro atoms. The number of hydrogen-bond acceptors (Lipinski definition) is 5. The molecule has 0 saturated heterocycles. The van der Waals surface area contributed by atoms with Gasteiger partial charge in [0.25, 0.3) is 5.56 Å². The van der Waals surface area contributed by atoms with Gasteiger partial charge in [0.1, 0.15) is 4.83 Å². The molecule has 7 heteroatoms. The second kappa shape index (κ2) is 8.71. The number of fused-ring (bicyclic) bond motifs is 3. The van der Waals surface area contributed by atoms with Crippen LogP contribution in [0.5, 0.6) is 0 Å². The minimum Gasteiger partial charge on any atom is -0.325 e. The zero-order valence-corrected chi connectivity index (χ0v) is 18.4. The molecule has 2 heterocycles. The third-order valence-corrected chi connectivity index (χ3v) is 7.55. The Labute approximate surface area is 178 Å². The Morgan fingerprint density at radius 1 is 1.28 bits per heavy atom. The molecule has 1 amide bonds. The van der Waals surface area contributed by atoms with Gasteiger partial charge in [-0.2, -0.15) is 0 Å². The fraction of sp³-hybridized carbons (Fsp3) is 0.409. The Balaban J connectivity index is 1.65. The van der Waals surface area contributed by atoms with Crippen LogP contribution >= 0.6 is 23.1 Å². The van der Waals surface area contributed by atoms with E-state index in [1.807, 2.05) is 37.3 Å². The predicted octanol–water partition coefficient (Wildman–Crippen LogP) is 5.04. The van der Waals surface area contributed by atoms with Gasteiger partial charge in [-0.05, 0) is 56.7 Å². The van der Waals surface area contributed by atoms with Crippen molar-refractivity contribution in [3.05, 3.63) is 51.1 Å². The number of thiophene rings is 1. The van der Waals surface area contributed by atoms with Crippen molar-refractivity contribution < 1.29 is 4.79 Å². The molecule has 2 aromatic heterocycles. The largest absolute Gasteiger partial charge is 0.325 e. The van der Waals surface area contributed by atoms with Gasteiger partial charge in [0, 0.05) is 16.6 Å². The minimum absolute atomic E-state index is 0.0400. The van der Waals surface area contributed by atoms with Crippen molar-refractivity contribution in [2.24, 2.45) is 0 Å². The molecule has 1 aromatic carbocycles. The van der Waals surface area contributed by atoms with Crippen molar-refractivity contribution >= 4 is 44.9 Å². The van der Waals surface area contributed by atoms with Gasteiger partial charge >= 0.3 is 0 Å². The van der Waals surface area contributed by atoms with Crippen LogP contribution in [0.3, 0.4) is 0 Å². The summed E-state index contributed by atoms with van der Waals surface area (Å²) >= 11 is 2.99. The van der Waals surface area contributed by atoms with E-state index in [0.717, 1.165) is 41.6 Å². The lowest BCUT2D eigenvalue weighted by Crippen LogP contribution is -2.27. The van der Waals surface area contributed by atoms with Gasteiger partial charge in [0.2, 0.25) is 5.91 Å². The van der Waals surface area contributed by atoms with Crippen LogP contribution < -0.4 is 10.9 Å². The van der Waals surface area contributed by atoms with E-state index < -0.39 is 0 Å². The first kappa shape index (κ1) is 20.2. The van der Waals surface area contributed by atoms with E-state index in [1.165, 1.54) is 28.6 Å². The molecule has 0 radical (unpaired) electrons. The average Bonchev–Trinajstić information content (AvgIpc) is 3.11. The Hall–Kier alpha value is -2.12. The molecular formula is C22H25N3O2S2. The SMILES string of the molecule is CC[C@@H](C)n1c(SCC(=O)Nc2ccccc2)nc2sc3c(c2c1=O)CCCC3. The Morgan fingerprint density at radius 3 is 2.79 bits per heavy atom. The van der Waals surface area contributed by atoms with Crippen molar-refractivity contribution in [1.82, 2.24) is 9.55 Å². The summed E-state index contributed by atoms with van der Waals surface area (Å²) in [5.74, 6) is 0.116. The average molecular weight is 428 g/mol. The third kappa shape index (κ3) is 4.12. The predicted molar refractivity (Wildman–Crippen MR) is 121 cm³/mol. The lowest BCUT2D eigenvalue weighted by Gasteiger charge is -2.18. The van der Waals surface area contributed by atoms with E-state index in [4.69, 9.17) is 4.98 Å². The molecule has 0 bridgehead atoms. The second-order valence-electron chi connectivity index (χ2n) is 7.42. The molecule has 0 unspecified atom stereocenters. The molecule has 0 fully saturated rings. The number of amides is 1. The molecule has 4 rings (SSSR count). The number of nitrogens with zero attached hydrogens (tertiary/aromatic N) is 2. The maximum Gasteiger partial charge on any atom is 0.263 e. The number of carbonyl (C=O) groups is 1. The molecule has 1 atom stereocenters. The summed E-state index contributed by atoms with van der Waals surface area (Å²) in [7, 11) is 0. The van der Waals surface area contributed by atoms with E-state index in [0.29, 0.717) is 5.16 Å². The standard InChI is InChI=1S/C22H25N3O2S2/c1-3-14(2)25-21(27)19-16-11-7-8-12-17(16)29-20(19)24-22(25)28-13-18(26)23-15-9-5-4-6-10-15/h4-6,9-10,14H,3,7-8,11-13H2,1-2H3,(H,23,26)/t14-/m1/s1. The van der Waals surface area contributed by atoms with Crippen LogP contribution in [0.15, 0.2) is 40.3 Å². The molecule has 3 aromatic rings. The maximum absolute atomic E-state index is 13.4. The highest BCUT2D eigenvalue weighted by Crippen LogP contribution is 2.35. The number of aromatic nitrogens is 2. The van der Waals surface area contributed by atoms with Crippen molar-refractivity contribution in [2.45, 2.75) is 57.1 Å². The first-order valence-corrected chi connectivity index (χ1v) is 11.9. The van der Waals surface area contributed by atoms with Crippen LogP contribution in [0, 0.1) is 0 Å². The minimum atomic E-state index is -0.100. The highest BCUT2D eigenvalue weighted by atomic mass is 32.2. The van der Waals surface area contributed by atoms with Gasteiger partial charge in [0.05, 0.1) is 11.1 Å². The first-order valence-electron chi connectivity index (χ1n) is 10.1. The highest BCUT2D eigenvalue weighted by Gasteiger charge is 2.24. The molecule has 152 valence electrons. The number of hydrogen-bond donors (Lipinski definition) is 1. The van der Waals surface area contributed by atoms with Crippen LogP contribution in [0.25, 0.3) is 10.2 Å². The lowest BCUT2D eigenvalue weighted by atomic mass is 9.97. The Bertz CT molecular complexity index is 1090. The zero-order chi connectivity index (χ0) is 20.4. The van der Waals surface area contributed by atoms with Gasteiger partial charge in [-0.25, -0.2) is 4.98 Å². The summed E-state index contributed by atoms with van der Waals surface area (Å²) in [6, 6.07) is 9.44. The van der Waals surface area contributed by atoms with E-state index in [2.05, 4.69) is 12.2 Å². The van der Waals surface area contributed by atoms with Gasteiger partial charge in [-0.3, -0.25) is 14.2 Å². The quantitative estimate of drug-likeness (QED) is 0.442. The normalized spacial score (nSPS) is 14.6. The number of para-hydroxylation sites is 1. The van der Waals surface area contributed by atoms with Crippen LogP contribution in [0.1, 0.15) is 49.6 Å². The smallest absolute Gasteiger partial charge is 0.263 e. The Kier molecular flexibility index (Phi) is 6.06. The number of carbonyl (C=O) groups excluding carboxylic acids is 1. The summed E-state index contributed by atoms with van der Waals surface area (Å²) in [5.41, 5.74) is 2.03. The van der Waals surface area contributed by atoms with Crippen LogP contribution in [0.4, 0.5) is 5.69 Å². The maximum atomic E-state index is 13.4. The van der Waals surface area contributed by atoms with Crippen molar-refractivity contribution in [3.8, 4) is 0 Å². The fourth-order valence-electron chi connectivity index (χ4n) is 3.72. The molecule has 0 saturated carbocycles. The van der Waals surface area contributed by atoms with Crippen LogP contribution in [-0.4, -0.2) is 21.2 Å². The molecule has 1 aliphatic carbocycles. The number of aryl methyl sites for hydroxylation is 2. The number of nitrogens with one attached hydrogen (secondary N) is 1. The van der Waals surface area contributed by atoms with Gasteiger partial charge in [-0.1, -0.05) is 36.9 Å². The molecule has 5 nitrogen and oxygen atoms in total. The summed E-state index contributed by atoms with van der Waals surface area (Å²) in [5, 5.41) is 4.34. The summed E-state index contributed by atoms with van der Waals surface area (Å²) in [6.45, 7) is 4.11. The topological polar surface area (TPSA) is 64.0 Å². The number of thioether (sulfide) groups is 1. The van der Waals surface area contributed by atoms with E-state index in [1.54, 1.807) is 15.9 Å². The summed E-state index contributed by atoms with van der Waals surface area (Å²) in [6.07, 6.45) is 5.17. The zero-order valence-electron chi connectivity index (χ0n) is 16.7. The van der Waals surface area contributed by atoms with E-state index in [-0.39, 0.29) is 23.3 Å². The monoisotopic (exact) mass is 427 g/mol. The fourth-order valence-corrected chi connectivity index (χ4v) is 5.92. The van der Waals surface area contributed by atoms with Gasteiger partial charge in [0.15, 0.2) is 5.16 Å². The molecule has 0 aliphatic heterocycles. The third-order valence-electron chi connectivity index (χ3n) is 5.41. The van der Waals surface area contributed by atoms with Crippen LogP contribution in [-0.2, 0) is 17.6 Å². The molecule has 1 N–H and O–H groups in total. The Morgan fingerprint density at radius 2 is 2.03 bits per heavy atom. The van der Waals surface area contributed by atoms with Crippen molar-refractivity contribution in [3.63, 3.8) is 0 Å². The number of benzene rings is 1.